The minimum Gasteiger partial charge on any atom is -0.348 e. The molecule has 8 heteroatoms. The number of aryl methyl sites for hydroxylation is 3. The molecule has 174 valence electrons. The van der Waals surface area contributed by atoms with Gasteiger partial charge in [0.05, 0.1) is 18.6 Å². The minimum absolute atomic E-state index is 0.120. The second kappa shape index (κ2) is 10.6. The average molecular weight is 457 g/mol. The van der Waals surface area contributed by atoms with Crippen LogP contribution >= 0.6 is 0 Å². The van der Waals surface area contributed by atoms with Gasteiger partial charge in [-0.2, -0.15) is 5.10 Å². The Labute approximate surface area is 198 Å². The maximum atomic E-state index is 12.7. The van der Waals surface area contributed by atoms with Gasteiger partial charge in [0.1, 0.15) is 0 Å². The predicted octanol–water partition coefficient (Wildman–Crippen LogP) is 3.70. The van der Waals surface area contributed by atoms with Crippen molar-refractivity contribution >= 4 is 17.5 Å². The Hall–Kier alpha value is -4.20. The average Bonchev–Trinajstić information content (AvgIpc) is 3.45. The van der Waals surface area contributed by atoms with Gasteiger partial charge in [-0.1, -0.05) is 30.3 Å². The summed E-state index contributed by atoms with van der Waals surface area (Å²) in [6, 6.07) is 17.1. The van der Waals surface area contributed by atoms with Crippen molar-refractivity contribution in [2.45, 2.75) is 39.9 Å². The Balaban J connectivity index is 1.31. The molecular formula is C26H28N6O2. The van der Waals surface area contributed by atoms with E-state index in [0.29, 0.717) is 37.3 Å². The van der Waals surface area contributed by atoms with Crippen molar-refractivity contribution in [3.63, 3.8) is 0 Å². The number of rotatable bonds is 9. The largest absolute Gasteiger partial charge is 0.348 e. The van der Waals surface area contributed by atoms with E-state index in [1.165, 1.54) is 0 Å². The molecule has 0 aliphatic rings. The Kier molecular flexibility index (Phi) is 7.17. The normalized spacial score (nSPS) is 10.8. The van der Waals surface area contributed by atoms with Crippen LogP contribution in [0.3, 0.4) is 0 Å². The Morgan fingerprint density at radius 1 is 1.00 bits per heavy atom. The zero-order valence-electron chi connectivity index (χ0n) is 19.4. The number of amides is 2. The lowest BCUT2D eigenvalue weighted by atomic mass is 10.1. The third kappa shape index (κ3) is 6.19. The van der Waals surface area contributed by atoms with Gasteiger partial charge in [-0.25, -0.2) is 4.98 Å². The summed E-state index contributed by atoms with van der Waals surface area (Å²) in [5, 5.41) is 10.3. The molecule has 2 aromatic carbocycles. The molecule has 0 fully saturated rings. The summed E-state index contributed by atoms with van der Waals surface area (Å²) >= 11 is 0. The van der Waals surface area contributed by atoms with Crippen LogP contribution in [-0.4, -0.2) is 31.1 Å². The number of hydrogen-bond donors (Lipinski definition) is 2. The van der Waals surface area contributed by atoms with Crippen molar-refractivity contribution in [1.82, 2.24) is 24.6 Å². The van der Waals surface area contributed by atoms with Crippen LogP contribution in [0.25, 0.3) is 0 Å². The van der Waals surface area contributed by atoms with Crippen LogP contribution in [-0.2, 0) is 24.4 Å². The molecule has 34 heavy (non-hydrogen) atoms. The molecule has 4 rings (SSSR count). The van der Waals surface area contributed by atoms with Gasteiger partial charge in [-0.15, -0.1) is 0 Å². The first-order chi connectivity index (χ1) is 16.5. The van der Waals surface area contributed by atoms with Gasteiger partial charge in [0.25, 0.3) is 5.91 Å². The van der Waals surface area contributed by atoms with Crippen molar-refractivity contribution in [3.8, 4) is 0 Å². The lowest BCUT2D eigenvalue weighted by molar-refractivity contribution is -0.116. The summed E-state index contributed by atoms with van der Waals surface area (Å²) in [5.74, 6) is -0.316. The molecule has 0 unspecified atom stereocenters. The fourth-order valence-corrected chi connectivity index (χ4v) is 3.74. The van der Waals surface area contributed by atoms with Gasteiger partial charge >= 0.3 is 0 Å². The minimum atomic E-state index is -0.196. The number of nitrogens with zero attached hydrogens (tertiary/aromatic N) is 4. The SMILES string of the molecule is Cc1cc(C)n(Cc2cccc(CNC(=O)c3cccc(NC(=O)CCn4ccnc4)c3)c2)n1. The molecular weight excluding hydrogens is 428 g/mol. The van der Waals surface area contributed by atoms with Gasteiger partial charge in [0.2, 0.25) is 5.91 Å². The van der Waals surface area contributed by atoms with Gasteiger partial charge in [-0.05, 0) is 49.2 Å². The van der Waals surface area contributed by atoms with Crippen LogP contribution in [0.1, 0.15) is 39.3 Å². The van der Waals surface area contributed by atoms with E-state index >= 15 is 0 Å². The highest BCUT2D eigenvalue weighted by Gasteiger charge is 2.09. The summed E-state index contributed by atoms with van der Waals surface area (Å²) in [5.41, 5.74) is 5.33. The molecule has 0 aliphatic carbocycles. The highest BCUT2D eigenvalue weighted by molar-refractivity contribution is 5.97. The quantitative estimate of drug-likeness (QED) is 0.402. The maximum Gasteiger partial charge on any atom is 0.251 e. The summed E-state index contributed by atoms with van der Waals surface area (Å²) in [7, 11) is 0. The van der Waals surface area contributed by atoms with Gasteiger partial charge < -0.3 is 15.2 Å². The van der Waals surface area contributed by atoms with Crippen LogP contribution in [0, 0.1) is 13.8 Å². The van der Waals surface area contributed by atoms with E-state index in [9.17, 15) is 9.59 Å². The van der Waals surface area contributed by atoms with E-state index in [1.54, 1.807) is 36.8 Å². The highest BCUT2D eigenvalue weighted by Crippen LogP contribution is 2.13. The molecule has 0 radical (unpaired) electrons. The Bertz CT molecular complexity index is 1280. The lowest BCUT2D eigenvalue weighted by Crippen LogP contribution is -2.23. The van der Waals surface area contributed by atoms with Gasteiger partial charge in [0.15, 0.2) is 0 Å². The molecule has 0 aliphatic heterocycles. The molecule has 0 saturated carbocycles. The van der Waals surface area contributed by atoms with Crippen LogP contribution in [0.4, 0.5) is 5.69 Å². The summed E-state index contributed by atoms with van der Waals surface area (Å²) in [6.45, 7) is 5.66. The maximum absolute atomic E-state index is 12.7. The van der Waals surface area contributed by atoms with Crippen molar-refractivity contribution in [2.24, 2.45) is 0 Å². The number of nitrogens with one attached hydrogen (secondary N) is 2. The smallest absolute Gasteiger partial charge is 0.251 e. The number of imidazole rings is 1. The second-order valence-electron chi connectivity index (χ2n) is 8.27. The number of carbonyl (C=O) groups excluding carboxylic acids is 2. The predicted molar refractivity (Wildman–Crippen MR) is 130 cm³/mol. The molecule has 2 N–H and O–H groups in total. The van der Waals surface area contributed by atoms with Gasteiger partial charge in [0, 0.05) is 48.8 Å². The monoisotopic (exact) mass is 456 g/mol. The van der Waals surface area contributed by atoms with Crippen LogP contribution in [0.15, 0.2) is 73.3 Å². The third-order valence-electron chi connectivity index (χ3n) is 5.44. The number of carbonyl (C=O) groups is 2. The number of benzene rings is 2. The topological polar surface area (TPSA) is 93.8 Å². The van der Waals surface area contributed by atoms with Crippen LogP contribution < -0.4 is 10.6 Å². The standard InChI is InChI=1S/C26H28N6O2/c1-19-13-20(2)32(30-19)17-22-6-3-5-21(14-22)16-28-26(34)23-7-4-8-24(15-23)29-25(33)9-11-31-12-10-27-18-31/h3-8,10,12-15,18H,9,11,16-17H2,1-2H3,(H,28,34)(H,29,33). The number of anilines is 1. The molecule has 0 saturated heterocycles. The van der Waals surface area contributed by atoms with E-state index in [4.69, 9.17) is 0 Å². The fourth-order valence-electron chi connectivity index (χ4n) is 3.74. The Morgan fingerprint density at radius 2 is 1.82 bits per heavy atom. The lowest BCUT2D eigenvalue weighted by Gasteiger charge is -2.10. The first-order valence-corrected chi connectivity index (χ1v) is 11.2. The van der Waals surface area contributed by atoms with Crippen molar-refractivity contribution in [2.75, 3.05) is 5.32 Å². The zero-order chi connectivity index (χ0) is 23.9. The third-order valence-corrected chi connectivity index (χ3v) is 5.44. The molecule has 4 aromatic rings. The van der Waals surface area contributed by atoms with Crippen molar-refractivity contribution in [1.29, 1.82) is 0 Å². The zero-order valence-corrected chi connectivity index (χ0v) is 19.4. The molecule has 2 heterocycles. The second-order valence-corrected chi connectivity index (χ2v) is 8.27. The van der Waals surface area contributed by atoms with Crippen LogP contribution in [0.2, 0.25) is 0 Å². The molecule has 2 aromatic heterocycles. The molecule has 0 spiro atoms. The van der Waals surface area contributed by atoms with E-state index in [0.717, 1.165) is 22.5 Å². The number of hydrogen-bond acceptors (Lipinski definition) is 4. The summed E-state index contributed by atoms with van der Waals surface area (Å²) in [6.07, 6.45) is 5.48. The van der Waals surface area contributed by atoms with E-state index in [2.05, 4.69) is 38.9 Å². The molecule has 2 amide bonds. The Morgan fingerprint density at radius 3 is 2.59 bits per heavy atom. The van der Waals surface area contributed by atoms with E-state index < -0.39 is 0 Å². The van der Waals surface area contributed by atoms with Crippen LogP contribution in [0.5, 0.6) is 0 Å². The summed E-state index contributed by atoms with van der Waals surface area (Å²) in [4.78, 5) is 28.9. The first-order valence-electron chi connectivity index (χ1n) is 11.2. The van der Waals surface area contributed by atoms with Crippen molar-refractivity contribution in [3.05, 3.63) is 101 Å². The molecule has 8 nitrogen and oxygen atoms in total. The van der Waals surface area contributed by atoms with E-state index in [1.807, 2.05) is 41.4 Å². The molecule has 0 bridgehead atoms. The highest BCUT2D eigenvalue weighted by atomic mass is 16.2. The first kappa shape index (κ1) is 23.0. The fraction of sp³-hybridized carbons (Fsp3) is 0.231. The summed E-state index contributed by atoms with van der Waals surface area (Å²) < 4.78 is 3.82. The van der Waals surface area contributed by atoms with Gasteiger partial charge in [-0.3, -0.25) is 14.3 Å². The molecule has 0 atom stereocenters. The van der Waals surface area contributed by atoms with E-state index in [-0.39, 0.29) is 11.8 Å². The van der Waals surface area contributed by atoms with Crippen molar-refractivity contribution < 1.29 is 9.59 Å². The number of aromatic nitrogens is 4.